The lowest BCUT2D eigenvalue weighted by Crippen LogP contribution is -2.24. The first-order valence-electron chi connectivity index (χ1n) is 38.9. The minimum Gasteiger partial charge on any atom is -0.493 e. The van der Waals surface area contributed by atoms with Gasteiger partial charge in [0.2, 0.25) is 23.6 Å². The van der Waals surface area contributed by atoms with E-state index < -0.39 is 16.6 Å². The quantitative estimate of drug-likeness (QED) is 0.0306. The van der Waals surface area contributed by atoms with Crippen molar-refractivity contribution in [2.75, 3.05) is 80.0 Å². The van der Waals surface area contributed by atoms with Crippen LogP contribution in [0.2, 0.25) is 0 Å². The fraction of sp³-hybridized carbons (Fsp3) is 0.409. The van der Waals surface area contributed by atoms with Crippen molar-refractivity contribution in [1.82, 2.24) is 0 Å². The molecule has 590 valence electrons. The van der Waals surface area contributed by atoms with Crippen molar-refractivity contribution in [1.29, 1.82) is 0 Å². The molecular weight excluding hydrogens is 1440 g/mol. The number of hydrogen-bond donors (Lipinski definition) is 1. The Kier molecular flexibility index (Phi) is 25.7. The minimum absolute atomic E-state index is 0.00817. The van der Waals surface area contributed by atoms with Gasteiger partial charge in [-0.15, -0.1) is 0 Å². The van der Waals surface area contributed by atoms with Crippen molar-refractivity contribution in [3.8, 4) is 46.0 Å². The Bertz CT molecular complexity index is 4640. The van der Waals surface area contributed by atoms with Crippen LogP contribution in [0.3, 0.4) is 0 Å². The number of anilines is 5. The summed E-state index contributed by atoms with van der Waals surface area (Å²) in [5.41, 5.74) is 11.8. The number of nitro groups is 1. The van der Waals surface area contributed by atoms with Crippen LogP contribution in [-0.2, 0) is 19.2 Å². The highest BCUT2D eigenvalue weighted by Crippen LogP contribution is 2.45. The maximum Gasteiger partial charge on any atom is 0.274 e. The third-order valence-electron chi connectivity index (χ3n) is 22.4. The number of non-ortho nitro benzene ring substituents is 1. The predicted molar refractivity (Wildman–Crippen MR) is 419 cm³/mol. The lowest BCUT2D eigenvalue weighted by Gasteiger charge is -2.19. The van der Waals surface area contributed by atoms with Gasteiger partial charge in [0.25, 0.3) is 5.69 Å². The first-order valence-corrected chi connectivity index (χ1v) is 38.9. The Morgan fingerprint density at radius 1 is 0.339 bits per heavy atom. The number of halogens is 4. The molecule has 4 aliphatic heterocycles. The van der Waals surface area contributed by atoms with Crippen LogP contribution in [0.1, 0.15) is 174 Å². The summed E-state index contributed by atoms with van der Waals surface area (Å²) in [5.74, 6) is 3.72. The van der Waals surface area contributed by atoms with Crippen molar-refractivity contribution in [3.05, 3.63) is 213 Å². The Hall–Kier alpha value is -11.0. The maximum absolute atomic E-state index is 13.8. The van der Waals surface area contributed by atoms with Gasteiger partial charge in [-0.3, -0.25) is 29.3 Å². The molecule has 0 spiro atoms. The fourth-order valence-corrected chi connectivity index (χ4v) is 16.5. The molecule has 8 aliphatic rings. The van der Waals surface area contributed by atoms with E-state index in [2.05, 4.69) is 0 Å². The molecule has 0 radical (unpaired) electrons. The third kappa shape index (κ3) is 19.5. The maximum atomic E-state index is 13.8. The molecule has 20 nitrogen and oxygen atoms in total. The molecule has 16 rings (SSSR count). The molecule has 4 heterocycles. The van der Waals surface area contributed by atoms with Crippen molar-refractivity contribution < 1.29 is 79.6 Å². The van der Waals surface area contributed by atoms with Gasteiger partial charge in [0.1, 0.15) is 23.3 Å². The highest BCUT2D eigenvalue weighted by molar-refractivity contribution is 5.99. The zero-order valence-electron chi connectivity index (χ0n) is 63.6. The highest BCUT2D eigenvalue weighted by atomic mass is 19.1. The summed E-state index contributed by atoms with van der Waals surface area (Å²) in [6, 6.07) is 43.1. The van der Waals surface area contributed by atoms with Crippen molar-refractivity contribution in [2.45, 2.75) is 177 Å². The molecule has 8 aromatic rings. The van der Waals surface area contributed by atoms with E-state index in [1.54, 1.807) is 73.5 Å². The summed E-state index contributed by atoms with van der Waals surface area (Å²) in [6.45, 7) is 1.92. The average Bonchev–Trinajstić information content (AvgIpc) is 1.64. The van der Waals surface area contributed by atoms with Crippen LogP contribution in [0.25, 0.3) is 0 Å². The van der Waals surface area contributed by atoms with Gasteiger partial charge in [-0.05, 0) is 240 Å². The monoisotopic (exact) mass is 1540 g/mol. The summed E-state index contributed by atoms with van der Waals surface area (Å²) >= 11 is 0. The number of nitro benzene ring substituents is 1. The molecule has 0 bridgehead atoms. The number of amides is 4. The van der Waals surface area contributed by atoms with Crippen LogP contribution in [0.15, 0.2) is 158 Å². The fourth-order valence-electron chi connectivity index (χ4n) is 16.5. The number of methoxy groups -OCH3 is 4. The second-order valence-corrected chi connectivity index (χ2v) is 30.0. The van der Waals surface area contributed by atoms with E-state index in [4.69, 9.17) is 43.6 Å². The van der Waals surface area contributed by atoms with Crippen LogP contribution in [0.4, 0.5) is 51.7 Å². The molecule has 8 aromatic carbocycles. The Balaban J connectivity index is 0.000000131. The summed E-state index contributed by atoms with van der Waals surface area (Å²) in [5, 5.41) is 11.0. The van der Waals surface area contributed by atoms with Gasteiger partial charge in [-0.1, -0.05) is 30.3 Å². The Morgan fingerprint density at radius 3 is 0.973 bits per heavy atom. The van der Waals surface area contributed by atoms with Gasteiger partial charge in [0, 0.05) is 104 Å². The van der Waals surface area contributed by atoms with Gasteiger partial charge in [-0.25, -0.2) is 17.6 Å². The predicted octanol–water partition coefficient (Wildman–Crippen LogP) is 18.2. The second-order valence-electron chi connectivity index (χ2n) is 30.0. The molecule has 24 heteroatoms. The largest absolute Gasteiger partial charge is 0.493 e. The molecule has 8 fully saturated rings. The first-order chi connectivity index (χ1) is 54.2. The molecule has 4 atom stereocenters. The highest BCUT2D eigenvalue weighted by Gasteiger charge is 2.38. The van der Waals surface area contributed by atoms with Crippen molar-refractivity contribution in [3.63, 3.8) is 0 Å². The number of nitrogens with two attached hydrogens (primary N) is 1. The molecular formula is C88H96F4N6O14. The summed E-state index contributed by atoms with van der Waals surface area (Å²) in [4.78, 5) is 67.0. The Morgan fingerprint density at radius 2 is 0.652 bits per heavy atom. The molecule has 4 aliphatic carbocycles. The van der Waals surface area contributed by atoms with E-state index in [0.717, 1.165) is 133 Å². The van der Waals surface area contributed by atoms with Crippen molar-refractivity contribution in [2.24, 2.45) is 0 Å². The lowest BCUT2D eigenvalue weighted by atomic mass is 9.98. The molecule has 112 heavy (non-hydrogen) atoms. The third-order valence-corrected chi connectivity index (χ3v) is 22.4. The number of ether oxygens (including phenoxy) is 8. The average molecular weight is 1540 g/mol. The molecule has 0 unspecified atom stereocenters. The lowest BCUT2D eigenvalue weighted by molar-refractivity contribution is -0.385. The normalized spacial score (nSPS) is 20.0. The first kappa shape index (κ1) is 79.1. The SMILES string of the molecule is COc1ccc([C@@H]2CC(=O)N(c3cc(F)cc([N+](=O)[O-])c3)C2)cc1OC1CCCC1.COc1ccc([C@@H]2CC(=O)N(c3cc(N)cc(F)c3)C2)cc1OC1CCCC1.COc1ccc([C@@H]2CC(=O)N(c3ccc(F)cc3)C2)cc1OC1CCCC1.COc1ccc([C@@H]2CC(=O)N(c3cccc(F)c3)C2)cc1OC1CCCC1. The van der Waals surface area contributed by atoms with Gasteiger partial charge in [0.15, 0.2) is 46.0 Å². The smallest absolute Gasteiger partial charge is 0.274 e. The molecule has 2 N–H and O–H groups in total. The van der Waals surface area contributed by atoms with E-state index >= 15 is 0 Å². The van der Waals surface area contributed by atoms with Crippen molar-refractivity contribution >= 4 is 57.8 Å². The zero-order chi connectivity index (χ0) is 78.5. The molecule has 4 amide bonds. The summed E-state index contributed by atoms with van der Waals surface area (Å²) in [6.07, 6.45) is 20.3. The van der Waals surface area contributed by atoms with Gasteiger partial charge < -0.3 is 63.2 Å². The van der Waals surface area contributed by atoms with E-state index in [0.29, 0.717) is 79.8 Å². The standard InChI is InChI=1S/C22H23FN2O5.C22H25FN2O3.2C22H24FNO3/c1-29-20-7-6-14(8-21(20)30-19-4-2-3-5-19)15-9-22(26)24(13-15)17-10-16(23)11-18(12-17)25(27)28;1-27-20-7-6-14(8-21(20)28-19-4-2-3-5-19)15-9-22(26)25(13-15)18-11-16(23)10-17(24)12-18;1-26-20-10-9-15(11-21(20)27-19-7-2-3-8-19)16-12-22(25)24(14-16)18-6-4-5-17(23)13-18;1-26-20-11-6-15(12-21(20)27-19-4-2-3-5-19)16-13-22(25)24(14-16)18-9-7-17(23)8-10-18/h6-8,10-12,15,19H,2-5,9,13H2,1H3;6-8,10-12,15,19H,2-5,9,13,24H2,1H3;4-6,9-11,13,16,19H,2-3,7-8,12,14H2,1H3;6-12,16,19H,2-5,13-14H2,1H3/t2*15-;2*16-/m1111/s1. The molecule has 4 saturated carbocycles. The number of rotatable bonds is 21. The van der Waals surface area contributed by atoms with Crippen LogP contribution < -0.4 is 63.2 Å². The number of nitrogen functional groups attached to an aromatic ring is 1. The number of nitrogens with zero attached hydrogens (tertiary/aromatic N) is 5. The van der Waals surface area contributed by atoms with E-state index in [9.17, 15) is 46.9 Å². The number of hydrogen-bond acceptors (Lipinski definition) is 15. The van der Waals surface area contributed by atoms with E-state index in [-0.39, 0.29) is 101 Å². The summed E-state index contributed by atoms with van der Waals surface area (Å²) in [7, 11) is 6.51. The van der Waals surface area contributed by atoms with Gasteiger partial charge in [0.05, 0.1) is 69.5 Å². The molecule has 4 saturated heterocycles. The van der Waals surface area contributed by atoms with Gasteiger partial charge in [-0.2, -0.15) is 0 Å². The van der Waals surface area contributed by atoms with Crippen LogP contribution >= 0.6 is 0 Å². The topological polar surface area (TPSA) is 224 Å². The summed E-state index contributed by atoms with van der Waals surface area (Å²) < 4.78 is 101. The second kappa shape index (κ2) is 36.4. The number of benzene rings is 8. The number of carbonyl (C=O) groups excluding carboxylic acids is 4. The Labute approximate surface area is 650 Å². The van der Waals surface area contributed by atoms with E-state index in [1.807, 2.05) is 72.8 Å². The minimum atomic E-state index is -0.743. The van der Waals surface area contributed by atoms with E-state index in [1.165, 1.54) is 85.9 Å². The molecule has 0 aromatic heterocycles. The van der Waals surface area contributed by atoms with Crippen LogP contribution in [0, 0.1) is 33.4 Å². The number of carbonyl (C=O) groups is 4. The van der Waals surface area contributed by atoms with Crippen LogP contribution in [0.5, 0.6) is 46.0 Å². The van der Waals surface area contributed by atoms with Gasteiger partial charge >= 0.3 is 0 Å². The zero-order valence-corrected chi connectivity index (χ0v) is 63.6. The van der Waals surface area contributed by atoms with Crippen LogP contribution in [-0.4, -0.2) is 108 Å².